The van der Waals surface area contributed by atoms with Gasteiger partial charge in [0.2, 0.25) is 0 Å². The highest BCUT2D eigenvalue weighted by atomic mass is 32.1. The molecule has 0 aliphatic rings. The molecule has 0 saturated carbocycles. The van der Waals surface area contributed by atoms with Crippen LogP contribution in [-0.4, -0.2) is 4.92 Å². The largest absolute Gasteiger partial charge is 0.373 e. The first-order chi connectivity index (χ1) is 10.2. The molecule has 0 fully saturated rings. The molecule has 3 rings (SSSR count). The smallest absolute Gasteiger partial charge is 0.271 e. The fourth-order valence-corrected chi connectivity index (χ4v) is 3.73. The standard InChI is InChI=1S/C15H12N2O2S2/c18-17(19)12-5-1-4-11(10-12)16-15(13-6-2-8-20-13)14-7-3-9-21-14/h1-10,15-16H. The van der Waals surface area contributed by atoms with Crippen molar-refractivity contribution in [3.63, 3.8) is 0 Å². The molecule has 2 aromatic heterocycles. The summed E-state index contributed by atoms with van der Waals surface area (Å²) in [5.41, 5.74) is 0.840. The van der Waals surface area contributed by atoms with Gasteiger partial charge in [-0.3, -0.25) is 10.1 Å². The first-order valence-corrected chi connectivity index (χ1v) is 8.08. The van der Waals surface area contributed by atoms with E-state index in [1.807, 2.05) is 29.0 Å². The summed E-state index contributed by atoms with van der Waals surface area (Å²) in [7, 11) is 0. The van der Waals surface area contributed by atoms with E-state index in [1.165, 1.54) is 15.8 Å². The van der Waals surface area contributed by atoms with Crippen molar-refractivity contribution in [2.24, 2.45) is 0 Å². The fraction of sp³-hybridized carbons (Fsp3) is 0.0667. The molecule has 1 aromatic carbocycles. The number of nitrogens with one attached hydrogen (secondary N) is 1. The van der Waals surface area contributed by atoms with Gasteiger partial charge in [0.25, 0.3) is 5.69 Å². The van der Waals surface area contributed by atoms with Crippen LogP contribution in [0.1, 0.15) is 15.8 Å². The summed E-state index contributed by atoms with van der Waals surface area (Å²) in [5, 5.41) is 18.3. The summed E-state index contributed by atoms with van der Waals surface area (Å²) in [6, 6.07) is 14.8. The van der Waals surface area contributed by atoms with Gasteiger partial charge in [0.15, 0.2) is 0 Å². The van der Waals surface area contributed by atoms with Crippen LogP contribution in [0.25, 0.3) is 0 Å². The topological polar surface area (TPSA) is 55.2 Å². The van der Waals surface area contributed by atoms with Crippen molar-refractivity contribution in [1.29, 1.82) is 0 Å². The Labute approximate surface area is 129 Å². The first-order valence-electron chi connectivity index (χ1n) is 6.32. The lowest BCUT2D eigenvalue weighted by atomic mass is 10.2. The first kappa shape index (κ1) is 13.8. The van der Waals surface area contributed by atoms with Gasteiger partial charge in [-0.2, -0.15) is 0 Å². The molecule has 106 valence electrons. The molecule has 6 heteroatoms. The van der Waals surface area contributed by atoms with Gasteiger partial charge < -0.3 is 5.32 Å². The zero-order valence-corrected chi connectivity index (χ0v) is 12.6. The van der Waals surface area contributed by atoms with Gasteiger partial charge in [0.05, 0.1) is 11.0 Å². The lowest BCUT2D eigenvalue weighted by Crippen LogP contribution is -2.09. The number of anilines is 1. The number of hydrogen-bond acceptors (Lipinski definition) is 5. The third kappa shape index (κ3) is 3.12. The molecule has 0 aliphatic heterocycles. The van der Waals surface area contributed by atoms with Crippen LogP contribution < -0.4 is 5.32 Å². The van der Waals surface area contributed by atoms with Crippen molar-refractivity contribution in [3.8, 4) is 0 Å². The highest BCUT2D eigenvalue weighted by Crippen LogP contribution is 2.33. The predicted molar refractivity (Wildman–Crippen MR) is 87.2 cm³/mol. The summed E-state index contributed by atoms with van der Waals surface area (Å²) >= 11 is 3.34. The number of non-ortho nitro benzene ring substituents is 1. The summed E-state index contributed by atoms with van der Waals surface area (Å²) in [5.74, 6) is 0. The summed E-state index contributed by atoms with van der Waals surface area (Å²) in [6.07, 6.45) is 0. The zero-order valence-electron chi connectivity index (χ0n) is 10.9. The highest BCUT2D eigenvalue weighted by molar-refractivity contribution is 7.11. The lowest BCUT2D eigenvalue weighted by molar-refractivity contribution is -0.384. The molecule has 0 amide bonds. The molecule has 2 heterocycles. The van der Waals surface area contributed by atoms with Crippen molar-refractivity contribution < 1.29 is 4.92 Å². The van der Waals surface area contributed by atoms with E-state index in [4.69, 9.17) is 0 Å². The number of nitro benzene ring substituents is 1. The van der Waals surface area contributed by atoms with E-state index in [0.29, 0.717) is 0 Å². The number of rotatable bonds is 5. The summed E-state index contributed by atoms with van der Waals surface area (Å²) in [6.45, 7) is 0. The van der Waals surface area contributed by atoms with Crippen LogP contribution >= 0.6 is 22.7 Å². The Kier molecular flexibility index (Phi) is 3.98. The maximum absolute atomic E-state index is 10.9. The van der Waals surface area contributed by atoms with E-state index in [9.17, 15) is 10.1 Å². The Morgan fingerprint density at radius 2 is 1.67 bits per heavy atom. The van der Waals surface area contributed by atoms with Crippen LogP contribution in [0.4, 0.5) is 11.4 Å². The molecular formula is C15H12N2O2S2. The van der Waals surface area contributed by atoms with Crippen LogP contribution in [0.3, 0.4) is 0 Å². The molecule has 0 saturated heterocycles. The van der Waals surface area contributed by atoms with Crippen LogP contribution in [-0.2, 0) is 0 Å². The Balaban J connectivity index is 1.92. The summed E-state index contributed by atoms with van der Waals surface area (Å²) in [4.78, 5) is 12.9. The van der Waals surface area contributed by atoms with Crippen molar-refractivity contribution in [1.82, 2.24) is 0 Å². The van der Waals surface area contributed by atoms with Crippen molar-refractivity contribution in [2.75, 3.05) is 5.32 Å². The second-order valence-corrected chi connectivity index (χ2v) is 6.37. The highest BCUT2D eigenvalue weighted by Gasteiger charge is 2.17. The molecule has 1 N–H and O–H groups in total. The molecular weight excluding hydrogens is 304 g/mol. The Morgan fingerprint density at radius 3 is 2.19 bits per heavy atom. The van der Waals surface area contributed by atoms with Crippen molar-refractivity contribution in [3.05, 3.63) is 79.2 Å². The number of nitrogens with zero attached hydrogens (tertiary/aromatic N) is 1. The third-order valence-corrected chi connectivity index (χ3v) is 4.90. The Bertz CT molecular complexity index is 690. The molecule has 21 heavy (non-hydrogen) atoms. The second kappa shape index (κ2) is 6.07. The lowest BCUT2D eigenvalue weighted by Gasteiger charge is -2.17. The minimum Gasteiger partial charge on any atom is -0.373 e. The molecule has 0 unspecified atom stereocenters. The number of nitro groups is 1. The SMILES string of the molecule is O=[N+]([O-])c1cccc(NC(c2cccs2)c2cccs2)c1. The quantitative estimate of drug-likeness (QED) is 0.537. The van der Waals surface area contributed by atoms with Crippen LogP contribution in [0, 0.1) is 10.1 Å². The summed E-state index contributed by atoms with van der Waals surface area (Å²) < 4.78 is 0. The zero-order chi connectivity index (χ0) is 14.7. The van der Waals surface area contributed by atoms with E-state index in [-0.39, 0.29) is 16.7 Å². The van der Waals surface area contributed by atoms with E-state index in [0.717, 1.165) is 5.69 Å². The average Bonchev–Trinajstić information content (AvgIpc) is 3.18. The molecule has 0 radical (unpaired) electrons. The van der Waals surface area contributed by atoms with Crippen molar-refractivity contribution >= 4 is 34.0 Å². The molecule has 0 spiro atoms. The minimum atomic E-state index is -0.379. The van der Waals surface area contributed by atoms with Gasteiger partial charge in [-0.25, -0.2) is 0 Å². The van der Waals surface area contributed by atoms with Gasteiger partial charge in [0, 0.05) is 27.6 Å². The molecule has 3 aromatic rings. The monoisotopic (exact) mass is 316 g/mol. The number of hydrogen-bond donors (Lipinski definition) is 1. The van der Waals surface area contributed by atoms with E-state index in [2.05, 4.69) is 17.4 Å². The Morgan fingerprint density at radius 1 is 1.00 bits per heavy atom. The Hall–Kier alpha value is -2.18. The molecule has 0 aliphatic carbocycles. The molecule has 0 atom stereocenters. The van der Waals surface area contributed by atoms with Gasteiger partial charge in [-0.15, -0.1) is 22.7 Å². The molecule has 0 bridgehead atoms. The van der Waals surface area contributed by atoms with Crippen LogP contribution in [0.5, 0.6) is 0 Å². The normalized spacial score (nSPS) is 10.7. The van der Waals surface area contributed by atoms with Gasteiger partial charge >= 0.3 is 0 Å². The van der Waals surface area contributed by atoms with Gasteiger partial charge in [0.1, 0.15) is 0 Å². The average molecular weight is 316 g/mol. The predicted octanol–water partition coefficient (Wildman–Crippen LogP) is 4.92. The number of benzene rings is 1. The van der Waals surface area contributed by atoms with Crippen LogP contribution in [0.15, 0.2) is 59.3 Å². The fourth-order valence-electron chi connectivity index (χ4n) is 2.07. The maximum atomic E-state index is 10.9. The third-order valence-electron chi connectivity index (χ3n) is 3.02. The van der Waals surface area contributed by atoms with Crippen LogP contribution in [0.2, 0.25) is 0 Å². The maximum Gasteiger partial charge on any atom is 0.271 e. The van der Waals surface area contributed by atoms with E-state index in [1.54, 1.807) is 34.8 Å². The minimum absolute atomic E-state index is 0.0204. The molecule has 4 nitrogen and oxygen atoms in total. The van der Waals surface area contributed by atoms with E-state index < -0.39 is 0 Å². The van der Waals surface area contributed by atoms with Crippen molar-refractivity contribution in [2.45, 2.75) is 6.04 Å². The second-order valence-electron chi connectivity index (χ2n) is 4.42. The van der Waals surface area contributed by atoms with Gasteiger partial charge in [-0.05, 0) is 29.0 Å². The van der Waals surface area contributed by atoms with E-state index >= 15 is 0 Å². The van der Waals surface area contributed by atoms with Gasteiger partial charge in [-0.1, -0.05) is 18.2 Å². The number of thiophene rings is 2.